The number of aromatic nitrogens is 1. The first kappa shape index (κ1) is 13.5. The van der Waals surface area contributed by atoms with Crippen molar-refractivity contribution in [2.75, 3.05) is 19.7 Å². The topological polar surface area (TPSA) is 45.6 Å². The molecule has 2 atom stereocenters. The van der Waals surface area contributed by atoms with Crippen LogP contribution < -0.4 is 0 Å². The van der Waals surface area contributed by atoms with Crippen molar-refractivity contribution in [1.29, 1.82) is 0 Å². The molecule has 2 rings (SSSR count). The van der Waals surface area contributed by atoms with Gasteiger partial charge in [0.15, 0.2) is 0 Å². The van der Waals surface area contributed by atoms with Gasteiger partial charge in [0.25, 0.3) is 0 Å². The Morgan fingerprint density at radius 3 is 3.00 bits per heavy atom. The predicted octanol–water partition coefficient (Wildman–Crippen LogP) is 1.09. The minimum atomic E-state index is -0.485. The Labute approximate surface area is 109 Å². The van der Waals surface area contributed by atoms with Crippen molar-refractivity contribution < 1.29 is 9.84 Å². The van der Waals surface area contributed by atoms with E-state index in [1.807, 2.05) is 18.2 Å². The Hall–Kier alpha value is -0.970. The highest BCUT2D eigenvalue weighted by Gasteiger charge is 2.28. The molecule has 1 aromatic rings. The zero-order valence-corrected chi connectivity index (χ0v) is 11.1. The van der Waals surface area contributed by atoms with E-state index in [1.165, 1.54) is 0 Å². The van der Waals surface area contributed by atoms with Crippen LogP contribution in [0.3, 0.4) is 0 Å². The summed E-state index contributed by atoms with van der Waals surface area (Å²) in [6.45, 7) is 6.79. The Bertz CT molecular complexity index is 356. The summed E-state index contributed by atoms with van der Waals surface area (Å²) in [4.78, 5) is 6.58. The number of hydrogen-bond acceptors (Lipinski definition) is 4. The highest BCUT2D eigenvalue weighted by atomic mass is 16.5. The summed E-state index contributed by atoms with van der Waals surface area (Å²) < 4.78 is 5.67. The molecule has 1 saturated heterocycles. The molecule has 18 heavy (non-hydrogen) atoms. The first-order chi connectivity index (χ1) is 8.66. The zero-order valence-electron chi connectivity index (χ0n) is 11.1. The quantitative estimate of drug-likeness (QED) is 0.869. The Morgan fingerprint density at radius 2 is 2.33 bits per heavy atom. The number of rotatable bonds is 4. The highest BCUT2D eigenvalue weighted by Crippen LogP contribution is 2.14. The van der Waals surface area contributed by atoms with E-state index >= 15 is 0 Å². The maximum absolute atomic E-state index is 10.2. The van der Waals surface area contributed by atoms with Crippen molar-refractivity contribution in [3.8, 4) is 0 Å². The van der Waals surface area contributed by atoms with Gasteiger partial charge in [-0.05, 0) is 26.0 Å². The molecule has 2 unspecified atom stereocenters. The molecule has 4 heteroatoms. The largest absolute Gasteiger partial charge is 0.390 e. The minimum Gasteiger partial charge on any atom is -0.390 e. The second-order valence-corrected chi connectivity index (χ2v) is 5.09. The van der Waals surface area contributed by atoms with E-state index in [9.17, 15) is 5.11 Å². The van der Waals surface area contributed by atoms with Gasteiger partial charge >= 0.3 is 0 Å². The lowest BCUT2D eigenvalue weighted by molar-refractivity contribution is -0.0942. The first-order valence-corrected chi connectivity index (χ1v) is 6.60. The van der Waals surface area contributed by atoms with Gasteiger partial charge in [0, 0.05) is 37.4 Å². The van der Waals surface area contributed by atoms with E-state index in [2.05, 4.69) is 23.7 Å². The van der Waals surface area contributed by atoms with Crippen LogP contribution in [0.2, 0.25) is 0 Å². The van der Waals surface area contributed by atoms with Crippen LogP contribution in [0.15, 0.2) is 24.4 Å². The number of hydrogen-bond donors (Lipinski definition) is 1. The summed E-state index contributed by atoms with van der Waals surface area (Å²) in [5.41, 5.74) is 0.912. The van der Waals surface area contributed by atoms with Crippen LogP contribution in [0.25, 0.3) is 0 Å². The minimum absolute atomic E-state index is 0.108. The molecule has 0 amide bonds. The van der Waals surface area contributed by atoms with Crippen LogP contribution in [0.5, 0.6) is 0 Å². The standard InChI is InChI=1S/C14H22N2O2/c1-11(2)16-7-8-18-14(10-16)13(17)9-12-5-3-4-6-15-12/h3-6,11,13-14,17H,7-10H2,1-2H3. The molecule has 1 aromatic heterocycles. The second-order valence-electron chi connectivity index (χ2n) is 5.09. The van der Waals surface area contributed by atoms with Gasteiger partial charge < -0.3 is 9.84 Å². The Kier molecular flexibility index (Phi) is 4.69. The SMILES string of the molecule is CC(C)N1CCOC(C(O)Cc2ccccn2)C1. The molecule has 100 valence electrons. The van der Waals surface area contributed by atoms with E-state index in [0.717, 1.165) is 18.8 Å². The fraction of sp³-hybridized carbons (Fsp3) is 0.643. The third-order valence-corrected chi connectivity index (χ3v) is 3.43. The molecule has 1 aliphatic heterocycles. The average Bonchev–Trinajstić information content (AvgIpc) is 2.40. The van der Waals surface area contributed by atoms with Crippen LogP contribution in [-0.2, 0) is 11.2 Å². The lowest BCUT2D eigenvalue weighted by Crippen LogP contribution is -2.50. The maximum atomic E-state index is 10.2. The van der Waals surface area contributed by atoms with Gasteiger partial charge in [-0.25, -0.2) is 0 Å². The second kappa shape index (κ2) is 6.27. The van der Waals surface area contributed by atoms with Gasteiger partial charge in [-0.3, -0.25) is 9.88 Å². The van der Waals surface area contributed by atoms with Crippen LogP contribution in [-0.4, -0.2) is 52.9 Å². The van der Waals surface area contributed by atoms with Crippen molar-refractivity contribution >= 4 is 0 Å². The van der Waals surface area contributed by atoms with Crippen molar-refractivity contribution in [1.82, 2.24) is 9.88 Å². The van der Waals surface area contributed by atoms with E-state index in [-0.39, 0.29) is 6.10 Å². The summed E-state index contributed by atoms with van der Waals surface area (Å²) in [5, 5.41) is 10.2. The number of morpholine rings is 1. The molecular weight excluding hydrogens is 228 g/mol. The summed E-state index contributed by atoms with van der Waals surface area (Å²) in [7, 11) is 0. The third-order valence-electron chi connectivity index (χ3n) is 3.43. The van der Waals surface area contributed by atoms with Gasteiger partial charge in [-0.1, -0.05) is 6.07 Å². The molecular formula is C14H22N2O2. The normalized spacial score (nSPS) is 23.2. The first-order valence-electron chi connectivity index (χ1n) is 6.60. The molecule has 0 spiro atoms. The molecule has 1 aliphatic rings. The van der Waals surface area contributed by atoms with Gasteiger partial charge in [-0.2, -0.15) is 0 Å². The van der Waals surface area contributed by atoms with Crippen LogP contribution in [0.4, 0.5) is 0 Å². The number of ether oxygens (including phenoxy) is 1. The molecule has 2 heterocycles. The molecule has 0 bridgehead atoms. The van der Waals surface area contributed by atoms with Crippen molar-refractivity contribution in [3.63, 3.8) is 0 Å². The van der Waals surface area contributed by atoms with E-state index in [1.54, 1.807) is 6.20 Å². The fourth-order valence-electron chi connectivity index (χ4n) is 2.26. The van der Waals surface area contributed by atoms with Gasteiger partial charge in [0.2, 0.25) is 0 Å². The molecule has 0 aliphatic carbocycles. The number of nitrogens with zero attached hydrogens (tertiary/aromatic N) is 2. The van der Waals surface area contributed by atoms with Crippen LogP contribution in [0, 0.1) is 0 Å². The molecule has 0 saturated carbocycles. The van der Waals surface area contributed by atoms with Crippen molar-refractivity contribution in [2.24, 2.45) is 0 Å². The molecule has 4 nitrogen and oxygen atoms in total. The van der Waals surface area contributed by atoms with Crippen molar-refractivity contribution in [2.45, 2.75) is 38.5 Å². The molecule has 1 fully saturated rings. The lowest BCUT2D eigenvalue weighted by Gasteiger charge is -2.37. The van der Waals surface area contributed by atoms with E-state index in [0.29, 0.717) is 19.1 Å². The van der Waals surface area contributed by atoms with Crippen molar-refractivity contribution in [3.05, 3.63) is 30.1 Å². The number of aliphatic hydroxyl groups excluding tert-OH is 1. The molecule has 0 aromatic carbocycles. The molecule has 1 N–H and O–H groups in total. The van der Waals surface area contributed by atoms with Gasteiger partial charge in [-0.15, -0.1) is 0 Å². The van der Waals surface area contributed by atoms with E-state index < -0.39 is 6.10 Å². The number of aliphatic hydroxyl groups is 1. The third kappa shape index (κ3) is 3.51. The van der Waals surface area contributed by atoms with Gasteiger partial charge in [0.05, 0.1) is 18.8 Å². The average molecular weight is 250 g/mol. The Balaban J connectivity index is 1.90. The van der Waals surface area contributed by atoms with Crippen LogP contribution >= 0.6 is 0 Å². The monoisotopic (exact) mass is 250 g/mol. The molecule has 0 radical (unpaired) electrons. The predicted molar refractivity (Wildman–Crippen MR) is 70.4 cm³/mol. The number of pyridine rings is 1. The zero-order chi connectivity index (χ0) is 13.0. The summed E-state index contributed by atoms with van der Waals surface area (Å²) >= 11 is 0. The van der Waals surface area contributed by atoms with Gasteiger partial charge in [0.1, 0.15) is 0 Å². The van der Waals surface area contributed by atoms with E-state index in [4.69, 9.17) is 4.74 Å². The summed E-state index contributed by atoms with van der Waals surface area (Å²) in [6.07, 6.45) is 1.71. The lowest BCUT2D eigenvalue weighted by atomic mass is 10.1. The fourth-order valence-corrected chi connectivity index (χ4v) is 2.26. The Morgan fingerprint density at radius 1 is 1.50 bits per heavy atom. The highest BCUT2D eigenvalue weighted by molar-refractivity contribution is 5.05. The summed E-state index contributed by atoms with van der Waals surface area (Å²) in [6, 6.07) is 6.26. The van der Waals surface area contributed by atoms with Crippen LogP contribution in [0.1, 0.15) is 19.5 Å². The maximum Gasteiger partial charge on any atom is 0.0964 e. The summed E-state index contributed by atoms with van der Waals surface area (Å²) in [5.74, 6) is 0. The smallest absolute Gasteiger partial charge is 0.0964 e.